The summed E-state index contributed by atoms with van der Waals surface area (Å²) in [7, 11) is 0. The molecule has 2 rings (SSSR count). The number of hydrogen-bond donors (Lipinski definition) is 1. The zero-order valence-electron chi connectivity index (χ0n) is 11.2. The van der Waals surface area contributed by atoms with Gasteiger partial charge in [0.15, 0.2) is 0 Å². The Morgan fingerprint density at radius 2 is 2.32 bits per heavy atom. The van der Waals surface area contributed by atoms with Gasteiger partial charge >= 0.3 is 6.03 Å². The predicted molar refractivity (Wildman–Crippen MR) is 70.3 cm³/mol. The number of halogens is 1. The van der Waals surface area contributed by atoms with Crippen molar-refractivity contribution < 1.29 is 13.9 Å². The molecule has 1 fully saturated rings. The SMILES string of the molecule is CC(C)NC(=O)N1CCO[C@H](c2cccc(F)c2)C1. The van der Waals surface area contributed by atoms with Gasteiger partial charge in [-0.2, -0.15) is 0 Å². The fourth-order valence-corrected chi connectivity index (χ4v) is 2.08. The Morgan fingerprint density at radius 1 is 1.53 bits per heavy atom. The van der Waals surface area contributed by atoms with Crippen molar-refractivity contribution in [3.63, 3.8) is 0 Å². The Hall–Kier alpha value is -1.62. The van der Waals surface area contributed by atoms with Crippen LogP contribution in [0.5, 0.6) is 0 Å². The molecule has 0 saturated carbocycles. The van der Waals surface area contributed by atoms with Crippen molar-refractivity contribution in [2.75, 3.05) is 19.7 Å². The zero-order chi connectivity index (χ0) is 13.8. The third-order valence-electron chi connectivity index (χ3n) is 2.99. The van der Waals surface area contributed by atoms with Crippen LogP contribution in [0, 0.1) is 5.82 Å². The van der Waals surface area contributed by atoms with E-state index in [1.807, 2.05) is 19.9 Å². The number of nitrogens with zero attached hydrogens (tertiary/aromatic N) is 1. The van der Waals surface area contributed by atoms with Crippen molar-refractivity contribution in [3.05, 3.63) is 35.6 Å². The molecule has 0 bridgehead atoms. The van der Waals surface area contributed by atoms with E-state index in [0.717, 1.165) is 5.56 Å². The monoisotopic (exact) mass is 266 g/mol. The Bertz CT molecular complexity index is 451. The van der Waals surface area contributed by atoms with Gasteiger partial charge in [0.25, 0.3) is 0 Å². The number of benzene rings is 1. The number of ether oxygens (including phenoxy) is 1. The van der Waals surface area contributed by atoms with Gasteiger partial charge in [-0.25, -0.2) is 9.18 Å². The molecule has 1 aliphatic heterocycles. The van der Waals surface area contributed by atoms with Crippen molar-refractivity contribution in [3.8, 4) is 0 Å². The first kappa shape index (κ1) is 13.8. The van der Waals surface area contributed by atoms with Crippen molar-refractivity contribution >= 4 is 6.03 Å². The highest BCUT2D eigenvalue weighted by Crippen LogP contribution is 2.22. The number of morpholine rings is 1. The maximum atomic E-state index is 13.2. The molecule has 5 heteroatoms. The van der Waals surface area contributed by atoms with Gasteiger partial charge in [-0.05, 0) is 31.5 Å². The second kappa shape index (κ2) is 6.02. The maximum absolute atomic E-state index is 13.2. The van der Waals surface area contributed by atoms with Crippen LogP contribution in [0.3, 0.4) is 0 Å². The van der Waals surface area contributed by atoms with E-state index >= 15 is 0 Å². The molecule has 0 radical (unpaired) electrons. The van der Waals surface area contributed by atoms with Crippen LogP contribution >= 0.6 is 0 Å². The van der Waals surface area contributed by atoms with E-state index in [1.54, 1.807) is 11.0 Å². The molecule has 1 heterocycles. The molecule has 0 aromatic heterocycles. The van der Waals surface area contributed by atoms with E-state index in [4.69, 9.17) is 4.74 Å². The van der Waals surface area contributed by atoms with E-state index in [9.17, 15) is 9.18 Å². The van der Waals surface area contributed by atoms with E-state index < -0.39 is 0 Å². The number of rotatable bonds is 2. The van der Waals surface area contributed by atoms with Crippen molar-refractivity contribution in [1.29, 1.82) is 0 Å². The highest BCUT2D eigenvalue weighted by atomic mass is 19.1. The number of carbonyl (C=O) groups is 1. The van der Waals surface area contributed by atoms with E-state index in [-0.39, 0.29) is 24.0 Å². The Morgan fingerprint density at radius 3 is 3.00 bits per heavy atom. The van der Waals surface area contributed by atoms with Crippen LogP contribution in [0.1, 0.15) is 25.5 Å². The third-order valence-corrected chi connectivity index (χ3v) is 2.99. The minimum absolute atomic E-state index is 0.0975. The molecule has 0 aliphatic carbocycles. The zero-order valence-corrected chi connectivity index (χ0v) is 11.2. The van der Waals surface area contributed by atoms with Gasteiger partial charge < -0.3 is 15.0 Å². The lowest BCUT2D eigenvalue weighted by molar-refractivity contribution is -0.0157. The Labute approximate surface area is 112 Å². The number of amides is 2. The summed E-state index contributed by atoms with van der Waals surface area (Å²) in [5.41, 5.74) is 0.766. The van der Waals surface area contributed by atoms with Gasteiger partial charge in [-0.3, -0.25) is 0 Å². The summed E-state index contributed by atoms with van der Waals surface area (Å²) in [4.78, 5) is 13.6. The van der Waals surface area contributed by atoms with Gasteiger partial charge in [-0.15, -0.1) is 0 Å². The molecule has 1 aromatic rings. The summed E-state index contributed by atoms with van der Waals surface area (Å²) >= 11 is 0. The summed E-state index contributed by atoms with van der Waals surface area (Å²) in [5.74, 6) is -0.287. The first-order chi connectivity index (χ1) is 9.06. The lowest BCUT2D eigenvalue weighted by Crippen LogP contribution is -2.48. The molecule has 4 nitrogen and oxygen atoms in total. The molecular weight excluding hydrogens is 247 g/mol. The second-order valence-corrected chi connectivity index (χ2v) is 4.96. The maximum Gasteiger partial charge on any atom is 0.317 e. The first-order valence-corrected chi connectivity index (χ1v) is 6.49. The molecule has 19 heavy (non-hydrogen) atoms. The van der Waals surface area contributed by atoms with Gasteiger partial charge in [0.1, 0.15) is 11.9 Å². The standard InChI is InChI=1S/C14H19FN2O2/c1-10(2)16-14(18)17-6-7-19-13(9-17)11-4-3-5-12(15)8-11/h3-5,8,10,13H,6-7,9H2,1-2H3,(H,16,18)/t13-/m0/s1. The minimum Gasteiger partial charge on any atom is -0.370 e. The van der Waals surface area contributed by atoms with Gasteiger partial charge in [0, 0.05) is 12.6 Å². The molecule has 1 atom stereocenters. The molecule has 104 valence electrons. The smallest absolute Gasteiger partial charge is 0.317 e. The highest BCUT2D eigenvalue weighted by Gasteiger charge is 2.25. The first-order valence-electron chi connectivity index (χ1n) is 6.49. The quantitative estimate of drug-likeness (QED) is 0.892. The number of nitrogens with one attached hydrogen (secondary N) is 1. The van der Waals surface area contributed by atoms with Crippen LogP contribution < -0.4 is 5.32 Å². The predicted octanol–water partition coefficient (Wildman–Crippen LogP) is 2.32. The summed E-state index contributed by atoms with van der Waals surface area (Å²) in [6, 6.07) is 6.32. The molecule has 1 N–H and O–H groups in total. The molecule has 1 saturated heterocycles. The van der Waals surface area contributed by atoms with Crippen LogP contribution in [-0.4, -0.2) is 36.7 Å². The van der Waals surface area contributed by atoms with Gasteiger partial charge in [-0.1, -0.05) is 12.1 Å². The Balaban J connectivity index is 2.03. The van der Waals surface area contributed by atoms with E-state index in [2.05, 4.69) is 5.32 Å². The summed E-state index contributed by atoms with van der Waals surface area (Å²) in [5, 5.41) is 2.85. The van der Waals surface area contributed by atoms with E-state index in [1.165, 1.54) is 12.1 Å². The normalized spacial score (nSPS) is 19.6. The third kappa shape index (κ3) is 3.67. The molecule has 2 amide bonds. The van der Waals surface area contributed by atoms with Crippen LogP contribution in [0.25, 0.3) is 0 Å². The fourth-order valence-electron chi connectivity index (χ4n) is 2.08. The van der Waals surface area contributed by atoms with Crippen molar-refractivity contribution in [2.45, 2.75) is 26.0 Å². The second-order valence-electron chi connectivity index (χ2n) is 4.96. The largest absolute Gasteiger partial charge is 0.370 e. The fraction of sp³-hybridized carbons (Fsp3) is 0.500. The molecule has 1 aromatic carbocycles. The molecule has 1 aliphatic rings. The molecule has 0 unspecified atom stereocenters. The summed E-state index contributed by atoms with van der Waals surface area (Å²) in [6.45, 7) is 5.31. The van der Waals surface area contributed by atoms with Crippen molar-refractivity contribution in [1.82, 2.24) is 10.2 Å². The number of urea groups is 1. The van der Waals surface area contributed by atoms with Gasteiger partial charge in [0.2, 0.25) is 0 Å². The highest BCUT2D eigenvalue weighted by molar-refractivity contribution is 5.74. The average molecular weight is 266 g/mol. The van der Waals surface area contributed by atoms with Crippen LogP contribution in [0.15, 0.2) is 24.3 Å². The summed E-state index contributed by atoms with van der Waals surface area (Å²) < 4.78 is 18.8. The Kier molecular flexibility index (Phi) is 4.37. The number of carbonyl (C=O) groups excluding carboxylic acids is 1. The summed E-state index contributed by atoms with van der Waals surface area (Å²) in [6.07, 6.45) is -0.262. The van der Waals surface area contributed by atoms with Crippen LogP contribution in [0.4, 0.5) is 9.18 Å². The van der Waals surface area contributed by atoms with Crippen molar-refractivity contribution in [2.24, 2.45) is 0 Å². The lowest BCUT2D eigenvalue weighted by atomic mass is 10.1. The van der Waals surface area contributed by atoms with Crippen LogP contribution in [0.2, 0.25) is 0 Å². The van der Waals surface area contributed by atoms with E-state index in [0.29, 0.717) is 19.7 Å². The topological polar surface area (TPSA) is 41.6 Å². The minimum atomic E-state index is -0.287. The molecule has 0 spiro atoms. The van der Waals surface area contributed by atoms with Crippen LogP contribution in [-0.2, 0) is 4.74 Å². The lowest BCUT2D eigenvalue weighted by Gasteiger charge is -2.33. The number of hydrogen-bond acceptors (Lipinski definition) is 2. The average Bonchev–Trinajstić information content (AvgIpc) is 2.38. The van der Waals surface area contributed by atoms with Gasteiger partial charge in [0.05, 0.1) is 13.2 Å². The molecular formula is C14H19FN2O2.